The molecule has 2 rings (SSSR count). The molecule has 22 heavy (non-hydrogen) atoms. The fourth-order valence-electron chi connectivity index (χ4n) is 1.96. The molecule has 0 saturated carbocycles. The zero-order chi connectivity index (χ0) is 16.3. The van der Waals surface area contributed by atoms with Gasteiger partial charge in [-0.05, 0) is 45.4 Å². The Labute approximate surface area is 130 Å². The number of nitrogens with two attached hydrogens (primary N) is 1. The number of anilines is 3. The van der Waals surface area contributed by atoms with Gasteiger partial charge in [0.25, 0.3) is 0 Å². The number of nitrogens with zero attached hydrogens (tertiary/aromatic N) is 2. The molecule has 0 unspecified atom stereocenters. The summed E-state index contributed by atoms with van der Waals surface area (Å²) in [6.07, 6.45) is 0.190. The molecule has 1 heterocycles. The van der Waals surface area contributed by atoms with E-state index < -0.39 is 11.7 Å². The van der Waals surface area contributed by atoms with Crippen LogP contribution in [0, 0.1) is 0 Å². The minimum atomic E-state index is -0.560. The lowest BCUT2D eigenvalue weighted by Gasteiger charge is -2.19. The maximum atomic E-state index is 12.2. The third-order valence-corrected chi connectivity index (χ3v) is 2.87. The van der Waals surface area contributed by atoms with Crippen molar-refractivity contribution in [2.45, 2.75) is 39.7 Å². The van der Waals surface area contributed by atoms with Gasteiger partial charge in [0.1, 0.15) is 5.60 Å². The molecule has 6 nitrogen and oxygen atoms in total. The number of aryl methyl sites for hydroxylation is 1. The maximum absolute atomic E-state index is 12.2. The lowest BCUT2D eigenvalue weighted by molar-refractivity contribution is 0.0510. The molecule has 0 aliphatic rings. The number of benzene rings is 1. The first-order chi connectivity index (χ1) is 10.3. The Kier molecular flexibility index (Phi) is 4.40. The highest BCUT2D eigenvalue weighted by Gasteiger charge is 2.21. The topological polar surface area (TPSA) is 82.2 Å². The Morgan fingerprint density at radius 1 is 1.36 bits per heavy atom. The van der Waals surface area contributed by atoms with Gasteiger partial charge in [0.05, 0.1) is 5.69 Å². The highest BCUT2D eigenvalue weighted by Crippen LogP contribution is 2.20. The summed E-state index contributed by atoms with van der Waals surface area (Å²) in [5, 5.41) is 7.42. The van der Waals surface area contributed by atoms with Crippen LogP contribution >= 0.6 is 0 Å². The smallest absolute Gasteiger partial charge is 0.435 e. The Morgan fingerprint density at radius 2 is 2.09 bits per heavy atom. The van der Waals surface area contributed by atoms with Crippen LogP contribution in [0.4, 0.5) is 22.0 Å². The van der Waals surface area contributed by atoms with Gasteiger partial charge in [0.2, 0.25) is 0 Å². The number of nitrogens with one attached hydrogen (secondary N) is 1. The van der Waals surface area contributed by atoms with Crippen LogP contribution in [0.3, 0.4) is 0 Å². The van der Waals surface area contributed by atoms with Crippen LogP contribution in [0.25, 0.3) is 0 Å². The van der Waals surface area contributed by atoms with E-state index in [9.17, 15) is 4.79 Å². The number of carbonyl (C=O) groups excluding carboxylic acids is 1. The fourth-order valence-corrected chi connectivity index (χ4v) is 1.96. The normalized spacial score (nSPS) is 11.3. The molecule has 0 bridgehead atoms. The van der Waals surface area contributed by atoms with Gasteiger partial charge in [0, 0.05) is 17.4 Å². The van der Waals surface area contributed by atoms with E-state index in [1.807, 2.05) is 52.0 Å². The van der Waals surface area contributed by atoms with E-state index in [2.05, 4.69) is 10.4 Å². The second-order valence-electron chi connectivity index (χ2n) is 6.02. The van der Waals surface area contributed by atoms with Crippen LogP contribution in [0.2, 0.25) is 0 Å². The first kappa shape index (κ1) is 15.9. The minimum absolute atomic E-state index is 0.482. The molecule has 0 saturated heterocycles. The Hall–Kier alpha value is -2.50. The van der Waals surface area contributed by atoms with Crippen molar-refractivity contribution >= 4 is 23.3 Å². The SMILES string of the molecule is CCc1cc(Nc2cccc(N)c2)nn1C(=O)OC(C)(C)C. The summed E-state index contributed by atoms with van der Waals surface area (Å²) >= 11 is 0. The lowest BCUT2D eigenvalue weighted by atomic mass is 10.2. The van der Waals surface area contributed by atoms with E-state index in [-0.39, 0.29) is 0 Å². The van der Waals surface area contributed by atoms with Gasteiger partial charge in [-0.15, -0.1) is 5.10 Å². The average molecular weight is 302 g/mol. The molecule has 2 aromatic rings. The van der Waals surface area contributed by atoms with Gasteiger partial charge < -0.3 is 15.8 Å². The van der Waals surface area contributed by atoms with E-state index in [0.717, 1.165) is 11.4 Å². The van der Waals surface area contributed by atoms with Crippen LogP contribution in [0.1, 0.15) is 33.4 Å². The molecule has 0 amide bonds. The van der Waals surface area contributed by atoms with Crippen LogP contribution < -0.4 is 11.1 Å². The van der Waals surface area contributed by atoms with Crippen molar-refractivity contribution in [1.82, 2.24) is 9.78 Å². The molecule has 1 aromatic heterocycles. The van der Waals surface area contributed by atoms with Crippen LogP contribution in [-0.2, 0) is 11.2 Å². The molecule has 0 fully saturated rings. The standard InChI is InChI=1S/C16H22N4O2/c1-5-13-10-14(18-12-8-6-7-11(17)9-12)19-20(13)15(21)22-16(2,3)4/h6-10H,5,17H2,1-4H3,(H,18,19). The largest absolute Gasteiger partial charge is 0.442 e. The summed E-state index contributed by atoms with van der Waals surface area (Å²) < 4.78 is 6.65. The number of ether oxygens (including phenoxy) is 1. The monoisotopic (exact) mass is 302 g/mol. The first-order valence-electron chi connectivity index (χ1n) is 7.23. The van der Waals surface area contributed by atoms with Gasteiger partial charge >= 0.3 is 6.09 Å². The van der Waals surface area contributed by atoms with Crippen molar-refractivity contribution in [1.29, 1.82) is 0 Å². The van der Waals surface area contributed by atoms with Crippen molar-refractivity contribution in [2.75, 3.05) is 11.1 Å². The van der Waals surface area contributed by atoms with Crippen LogP contribution in [0.15, 0.2) is 30.3 Å². The van der Waals surface area contributed by atoms with Crippen molar-refractivity contribution in [3.63, 3.8) is 0 Å². The molecular weight excluding hydrogens is 280 g/mol. The van der Waals surface area contributed by atoms with Crippen LogP contribution in [-0.4, -0.2) is 21.5 Å². The van der Waals surface area contributed by atoms with Gasteiger partial charge in [-0.2, -0.15) is 4.68 Å². The quantitative estimate of drug-likeness (QED) is 0.847. The predicted octanol–water partition coefficient (Wildman–Crippen LogP) is 3.55. The van der Waals surface area contributed by atoms with E-state index in [1.54, 1.807) is 6.07 Å². The van der Waals surface area contributed by atoms with Crippen molar-refractivity contribution in [3.05, 3.63) is 36.0 Å². The van der Waals surface area contributed by atoms with Crippen molar-refractivity contribution in [2.24, 2.45) is 0 Å². The molecule has 0 aliphatic carbocycles. The minimum Gasteiger partial charge on any atom is -0.442 e. The fraction of sp³-hybridized carbons (Fsp3) is 0.375. The third kappa shape index (κ3) is 4.00. The number of hydrogen-bond donors (Lipinski definition) is 2. The Bertz CT molecular complexity index is 671. The molecule has 1 aromatic carbocycles. The van der Waals surface area contributed by atoms with Gasteiger partial charge in [-0.1, -0.05) is 13.0 Å². The zero-order valence-electron chi connectivity index (χ0n) is 13.4. The summed E-state index contributed by atoms with van der Waals surface area (Å²) in [5.74, 6) is 0.577. The summed E-state index contributed by atoms with van der Waals surface area (Å²) in [5.41, 5.74) is 7.45. The maximum Gasteiger partial charge on any atom is 0.435 e. The molecule has 118 valence electrons. The summed E-state index contributed by atoms with van der Waals surface area (Å²) in [4.78, 5) is 12.2. The van der Waals surface area contributed by atoms with Gasteiger partial charge in [-0.3, -0.25) is 0 Å². The highest BCUT2D eigenvalue weighted by molar-refractivity contribution is 5.72. The van der Waals surface area contributed by atoms with Crippen LogP contribution in [0.5, 0.6) is 0 Å². The second-order valence-corrected chi connectivity index (χ2v) is 6.02. The first-order valence-corrected chi connectivity index (χ1v) is 7.23. The average Bonchev–Trinajstić information content (AvgIpc) is 2.80. The molecule has 0 spiro atoms. The van der Waals surface area contributed by atoms with Gasteiger partial charge in [0.15, 0.2) is 5.82 Å². The molecule has 3 N–H and O–H groups in total. The number of nitrogen functional groups attached to an aromatic ring is 1. The number of hydrogen-bond acceptors (Lipinski definition) is 5. The van der Waals surface area contributed by atoms with E-state index >= 15 is 0 Å². The molecule has 0 aliphatic heterocycles. The Morgan fingerprint density at radius 3 is 2.68 bits per heavy atom. The number of rotatable bonds is 3. The lowest BCUT2D eigenvalue weighted by Crippen LogP contribution is -2.28. The Balaban J connectivity index is 2.23. The predicted molar refractivity (Wildman–Crippen MR) is 87.4 cm³/mol. The second kappa shape index (κ2) is 6.09. The van der Waals surface area contributed by atoms with Gasteiger partial charge in [-0.25, -0.2) is 4.79 Å². The molecule has 0 atom stereocenters. The third-order valence-electron chi connectivity index (χ3n) is 2.87. The van der Waals surface area contributed by atoms with Crippen molar-refractivity contribution < 1.29 is 9.53 Å². The summed E-state index contributed by atoms with van der Waals surface area (Å²) in [6, 6.07) is 9.17. The number of aromatic nitrogens is 2. The summed E-state index contributed by atoms with van der Waals surface area (Å²) in [7, 11) is 0. The molecule has 6 heteroatoms. The zero-order valence-corrected chi connectivity index (χ0v) is 13.4. The highest BCUT2D eigenvalue weighted by atomic mass is 16.6. The van der Waals surface area contributed by atoms with E-state index in [1.165, 1.54) is 4.68 Å². The summed E-state index contributed by atoms with van der Waals surface area (Å²) in [6.45, 7) is 7.44. The van der Waals surface area contributed by atoms with E-state index in [0.29, 0.717) is 17.9 Å². The van der Waals surface area contributed by atoms with E-state index in [4.69, 9.17) is 10.5 Å². The molecular formula is C16H22N4O2. The number of carbonyl (C=O) groups is 1. The molecule has 0 radical (unpaired) electrons. The van der Waals surface area contributed by atoms with Crippen molar-refractivity contribution in [3.8, 4) is 0 Å².